The van der Waals surface area contributed by atoms with E-state index in [0.717, 1.165) is 58.2 Å². The first-order chi connectivity index (χ1) is 58.8. The van der Waals surface area contributed by atoms with Crippen LogP contribution in [0, 0.1) is 19.8 Å². The van der Waals surface area contributed by atoms with Crippen LogP contribution in [0.1, 0.15) is 162 Å². The summed E-state index contributed by atoms with van der Waals surface area (Å²) in [5, 5.41) is 140. The van der Waals surface area contributed by atoms with Gasteiger partial charge in [-0.15, -0.1) is 0 Å². The standard InChI is InChI=1S/C13H17BO6.C13H15BO5.C12H15BO5.C11H13BO5S.C11H13BO5.C10H11BO5S.C10H11BO4/c1-2-9(7-15)19-10-4-3-8-5-6-14(18)20-12(8)11(10)13(16)17;15-13(16)11-10(18-7-8-1-2-8)4-3-9-5-6-14(17)19-12(9)11;1-2-7-17-9-4-3-8-5-6-13(16)18-11(8)10(9)12(14)15;1-18(2,16)8-4-3-7-5-6-12(15)17-10(7)9(8)11(13)14;1-6-5-7-3-4-12(15)17-10(7)8(11(13)14)9(6)16-2;1-17(15)7-3-2-6-4-5-11(14)16-9(6)8(7)10(12)13;1-6-2-3-7-4-5-11(14)15-9(7)8(6)10(12)13/h3-4,9,15,18H,2,5-7H2,1H3,(H,16,17);3-4,8,17H,1-2,5-7H2,(H,15,16);3-4,16H,2,5-7H2,1H3,(H,14,15);3-4,15H,1,5-6H2,2H3,(H,13,14);5,15H,3-4H2,1-2H3,(H,13,14);2-3,14H,4-5H2,1H3,(H,12,13);2-3,14H,4-5H2,1H3,(H,12,13). The first-order valence-electron chi connectivity index (χ1n) is 39.7. The van der Waals surface area contributed by atoms with E-state index in [1.54, 1.807) is 68.4 Å². The molecule has 7 aromatic carbocycles. The third-order valence-electron chi connectivity index (χ3n) is 20.4. The molecule has 44 heteroatoms. The molecule has 0 radical (unpaired) electrons. The van der Waals surface area contributed by atoms with Gasteiger partial charge in [0.15, 0.2) is 0 Å². The number of ether oxygens (including phenoxy) is 4. The van der Waals surface area contributed by atoms with Gasteiger partial charge < -0.3 is 128 Å². The number of aromatic carboxylic acids is 7. The predicted molar refractivity (Wildman–Crippen MR) is 457 cm³/mol. The van der Waals surface area contributed by atoms with Crippen LogP contribution in [0.2, 0.25) is 44.2 Å². The third-order valence-corrected chi connectivity index (χ3v) is 22.6. The Morgan fingerprint density at radius 3 is 1.12 bits per heavy atom. The molecule has 35 nitrogen and oxygen atoms in total. The van der Waals surface area contributed by atoms with Crippen LogP contribution in [0.25, 0.3) is 0 Å². The first kappa shape index (κ1) is 96.8. The number of benzene rings is 7. The van der Waals surface area contributed by atoms with Crippen LogP contribution in [-0.4, -0.2) is 227 Å². The minimum absolute atomic E-state index is 0.000278. The molecule has 8 aliphatic rings. The van der Waals surface area contributed by atoms with Crippen LogP contribution in [-0.2, 0) is 65.3 Å². The van der Waals surface area contributed by atoms with Crippen LogP contribution in [0.15, 0.2) is 88.7 Å². The zero-order valence-electron chi connectivity index (χ0n) is 68.9. The van der Waals surface area contributed by atoms with E-state index in [1.807, 2.05) is 32.0 Å². The molecule has 0 aromatic heterocycles. The topological polar surface area (TPSA) is 559 Å². The summed E-state index contributed by atoms with van der Waals surface area (Å²) in [5.74, 6) is -1.41. The maximum atomic E-state index is 12.0. The van der Waals surface area contributed by atoms with Crippen LogP contribution in [0.5, 0.6) is 63.2 Å². The Kier molecular flexibility index (Phi) is 33.9. The lowest BCUT2D eigenvalue weighted by Crippen LogP contribution is -2.28. The van der Waals surface area contributed by atoms with Crippen LogP contribution >= 0.6 is 0 Å². The summed E-state index contributed by atoms with van der Waals surface area (Å²) in [7, 11) is -9.42. The average Bonchev–Trinajstić information content (AvgIpc) is 0.938. The largest absolute Gasteiger partial charge is 0.535 e. The molecule has 0 amide bonds. The predicted octanol–water partition coefficient (Wildman–Crippen LogP) is 7.40. The molecular formula is C80H95B7O35S2. The molecule has 0 spiro atoms. The van der Waals surface area contributed by atoms with E-state index in [2.05, 4.69) is 5.87 Å². The Balaban J connectivity index is 0.000000164. The molecule has 0 bridgehead atoms. The molecule has 15 rings (SSSR count). The summed E-state index contributed by atoms with van der Waals surface area (Å²) in [6.45, 7) is 8.07. The van der Waals surface area contributed by atoms with Crippen LogP contribution < -0.4 is 51.5 Å². The van der Waals surface area contributed by atoms with Crippen molar-refractivity contribution in [2.24, 2.45) is 5.92 Å². The summed E-state index contributed by atoms with van der Waals surface area (Å²) in [6.07, 6.45) is 13.2. The minimum atomic E-state index is -2.67. The van der Waals surface area contributed by atoms with Crippen LogP contribution in [0.3, 0.4) is 0 Å². The Hall–Kier alpha value is -11.1. The molecule has 7 heterocycles. The molecule has 124 heavy (non-hydrogen) atoms. The molecule has 3 atom stereocenters. The summed E-state index contributed by atoms with van der Waals surface area (Å²) in [6, 6.07) is 22.1. The second kappa shape index (κ2) is 43.5. The fourth-order valence-corrected chi connectivity index (χ4v) is 15.7. The molecule has 658 valence electrons. The number of aliphatic hydroxyl groups excluding tert-OH is 1. The van der Waals surface area contributed by atoms with Gasteiger partial charge in [0.25, 0.3) is 0 Å². The van der Waals surface area contributed by atoms with E-state index in [0.29, 0.717) is 137 Å². The highest BCUT2D eigenvalue weighted by Gasteiger charge is 2.38. The third kappa shape index (κ3) is 24.5. The Labute approximate surface area is 718 Å². The second-order valence-corrected chi connectivity index (χ2v) is 33.6. The Bertz CT molecular complexity index is 5260. The number of carboxylic acid groups (broad SMARTS) is 7. The highest BCUT2D eigenvalue weighted by atomic mass is 32.2. The van der Waals surface area contributed by atoms with Crippen molar-refractivity contribution in [3.63, 3.8) is 0 Å². The SMILES string of the molecule is C=S(C)(=O)c1ccc2c(c1C(=O)O)OB(O)CC2.CCC(CO)Oc1ccc2c(c1C(=O)O)OB(O)CC2.CCCOc1ccc2c(c1C(=O)O)OB(O)CC2.COc1c(C)cc2c(c1C(=O)O)OB(O)CC2.CS(=O)c1ccc2c(c1C(=O)O)OB(O)CC2.Cc1ccc2c(c1C(=O)O)OB(O)CC2.O=C(O)c1c(OCC2CC2)ccc2c1OB(O)CC2. The highest BCUT2D eigenvalue weighted by Crippen LogP contribution is 2.44. The van der Waals surface area contributed by atoms with Gasteiger partial charge in [-0.25, -0.2) is 33.6 Å². The fraction of sp³-hybridized carbons (Fsp3) is 0.375. The fourth-order valence-electron chi connectivity index (χ4n) is 14.1. The number of hydrogen-bond acceptors (Lipinski definition) is 28. The molecule has 3 unspecified atom stereocenters. The van der Waals surface area contributed by atoms with Crippen LogP contribution in [0.4, 0.5) is 0 Å². The van der Waals surface area contributed by atoms with Gasteiger partial charge in [-0.2, -0.15) is 0 Å². The zero-order valence-corrected chi connectivity index (χ0v) is 70.6. The van der Waals surface area contributed by atoms with Crippen molar-refractivity contribution >= 4 is 118 Å². The normalized spacial score (nSPS) is 15.6. The molecule has 1 aliphatic carbocycles. The van der Waals surface area contributed by atoms with Gasteiger partial charge in [-0.1, -0.05) is 56.3 Å². The monoisotopic (exact) mass is 1760 g/mol. The van der Waals surface area contributed by atoms with E-state index in [-0.39, 0.29) is 107 Å². The average molecular weight is 1760 g/mol. The number of hydrogen-bond donors (Lipinski definition) is 15. The summed E-state index contributed by atoms with van der Waals surface area (Å²) < 4.78 is 81.6. The lowest BCUT2D eigenvalue weighted by Gasteiger charge is -2.24. The first-order valence-corrected chi connectivity index (χ1v) is 43.4. The van der Waals surface area contributed by atoms with Crippen molar-refractivity contribution in [3.05, 3.63) is 168 Å². The number of aryl methyl sites for hydroxylation is 9. The van der Waals surface area contributed by atoms with E-state index in [4.69, 9.17) is 66.8 Å². The van der Waals surface area contributed by atoms with Crippen molar-refractivity contribution in [2.45, 2.75) is 158 Å². The number of fused-ring (bicyclic) bond motifs is 7. The van der Waals surface area contributed by atoms with E-state index < -0.39 is 118 Å². The Morgan fingerprint density at radius 1 is 0.452 bits per heavy atom. The molecule has 0 saturated heterocycles. The van der Waals surface area contributed by atoms with Gasteiger partial charge in [-0.05, 0) is 236 Å². The minimum Gasteiger partial charge on any atom is -0.535 e. The van der Waals surface area contributed by atoms with Crippen molar-refractivity contribution in [3.8, 4) is 63.2 Å². The summed E-state index contributed by atoms with van der Waals surface area (Å²) >= 11 is 0. The number of aliphatic hydroxyl groups is 1. The van der Waals surface area contributed by atoms with Crippen molar-refractivity contribution in [1.82, 2.24) is 0 Å². The molecular weight excluding hydrogens is 1660 g/mol. The van der Waals surface area contributed by atoms with E-state index in [1.165, 1.54) is 25.7 Å². The summed E-state index contributed by atoms with van der Waals surface area (Å²) in [5.41, 5.74) is 6.61. The highest BCUT2D eigenvalue weighted by molar-refractivity contribution is 7.99. The zero-order chi connectivity index (χ0) is 90.9. The maximum absolute atomic E-state index is 12.0. The van der Waals surface area contributed by atoms with Crippen molar-refractivity contribution in [1.29, 1.82) is 0 Å². The van der Waals surface area contributed by atoms with E-state index in [9.17, 15) is 103 Å². The van der Waals surface area contributed by atoms with Crippen molar-refractivity contribution in [2.75, 3.05) is 39.4 Å². The van der Waals surface area contributed by atoms with E-state index >= 15 is 0 Å². The molecule has 15 N–H and O–H groups in total. The van der Waals surface area contributed by atoms with Gasteiger partial charge in [0.2, 0.25) is 0 Å². The quantitative estimate of drug-likeness (QED) is 0.0261. The summed E-state index contributed by atoms with van der Waals surface area (Å²) in [4.78, 5) is 79.4. The van der Waals surface area contributed by atoms with Gasteiger partial charge in [0, 0.05) is 17.4 Å². The molecule has 1 saturated carbocycles. The smallest absolute Gasteiger partial charge is 0.522 e. The Morgan fingerprint density at radius 2 is 0.774 bits per heavy atom. The van der Waals surface area contributed by atoms with Gasteiger partial charge in [-0.3, -0.25) is 8.42 Å². The number of carboxylic acids is 7. The second-order valence-electron chi connectivity index (χ2n) is 29.8. The lowest BCUT2D eigenvalue weighted by molar-refractivity contribution is 0.0666. The molecule has 7 aromatic rings. The van der Waals surface area contributed by atoms with Gasteiger partial charge in [0.1, 0.15) is 108 Å². The number of carbonyl (C=O) groups is 7. The maximum Gasteiger partial charge on any atom is 0.522 e. The van der Waals surface area contributed by atoms with Crippen molar-refractivity contribution < 1.29 is 170 Å². The lowest BCUT2D eigenvalue weighted by atomic mass is 9.78. The molecule has 1 fully saturated rings. The van der Waals surface area contributed by atoms with Gasteiger partial charge in [0.05, 0.1) is 42.6 Å². The molecule has 7 aliphatic heterocycles. The van der Waals surface area contributed by atoms with Gasteiger partial charge >= 0.3 is 91.6 Å². The number of rotatable bonds is 20. The number of methoxy groups -OCH3 is 1.